The van der Waals surface area contributed by atoms with Gasteiger partial charge in [0.25, 0.3) is 10.2 Å². The molecule has 0 unspecified atom stereocenters. The average molecular weight is 288 g/mol. The predicted molar refractivity (Wildman–Crippen MR) is 70.2 cm³/mol. The summed E-state index contributed by atoms with van der Waals surface area (Å²) < 4.78 is 32.7. The minimum absolute atomic E-state index is 0.132. The van der Waals surface area contributed by atoms with Crippen molar-refractivity contribution in [3.63, 3.8) is 0 Å². The third kappa shape index (κ3) is 5.69. The molecule has 0 amide bonds. The molecule has 8 heteroatoms. The molecule has 0 atom stereocenters. The third-order valence-electron chi connectivity index (χ3n) is 2.20. The minimum Gasteiger partial charge on any atom is -0.481 e. The molecular weight excluding hydrogens is 272 g/mol. The Balaban J connectivity index is 2.78. The quantitative estimate of drug-likeness (QED) is 0.593. The van der Waals surface area contributed by atoms with E-state index in [1.54, 1.807) is 18.2 Å². The lowest BCUT2D eigenvalue weighted by atomic mass is 10.1. The molecule has 3 N–H and O–H groups in total. The average Bonchev–Trinajstić information content (AvgIpc) is 2.31. The van der Waals surface area contributed by atoms with Gasteiger partial charge in [0.05, 0.1) is 18.7 Å². The molecule has 0 saturated carbocycles. The molecule has 0 spiro atoms. The van der Waals surface area contributed by atoms with Gasteiger partial charge in [0.2, 0.25) is 0 Å². The summed E-state index contributed by atoms with van der Waals surface area (Å²) in [5.74, 6) is -1.03. The Morgan fingerprint density at radius 3 is 2.68 bits per heavy atom. The predicted octanol–water partition coefficient (Wildman–Crippen LogP) is 0.206. The number of hydrogen-bond donors (Lipinski definition) is 3. The number of carbonyl (C=O) groups is 1. The third-order valence-corrected chi connectivity index (χ3v) is 3.27. The van der Waals surface area contributed by atoms with Crippen molar-refractivity contribution in [2.75, 3.05) is 25.0 Å². The molecule has 0 saturated heterocycles. The lowest BCUT2D eigenvalue weighted by molar-refractivity contribution is -0.136. The number of methoxy groups -OCH3 is 1. The molecule has 0 heterocycles. The van der Waals surface area contributed by atoms with Crippen LogP contribution >= 0.6 is 0 Å². The Morgan fingerprint density at radius 1 is 1.37 bits per heavy atom. The number of carboxylic acids is 1. The highest BCUT2D eigenvalue weighted by molar-refractivity contribution is 7.90. The Labute approximate surface area is 111 Å². The molecule has 0 radical (unpaired) electrons. The van der Waals surface area contributed by atoms with Gasteiger partial charge in [-0.15, -0.1) is 0 Å². The van der Waals surface area contributed by atoms with Crippen molar-refractivity contribution in [2.45, 2.75) is 6.42 Å². The van der Waals surface area contributed by atoms with Gasteiger partial charge in [-0.25, -0.2) is 0 Å². The summed E-state index contributed by atoms with van der Waals surface area (Å²) in [4.78, 5) is 10.7. The number of aliphatic carboxylic acids is 1. The zero-order valence-electron chi connectivity index (χ0n) is 10.4. The molecule has 0 aromatic heterocycles. The topological polar surface area (TPSA) is 105 Å². The zero-order valence-corrected chi connectivity index (χ0v) is 11.2. The normalized spacial score (nSPS) is 11.2. The van der Waals surface area contributed by atoms with Gasteiger partial charge < -0.3 is 9.84 Å². The number of rotatable bonds is 8. The van der Waals surface area contributed by atoms with E-state index in [4.69, 9.17) is 9.84 Å². The number of anilines is 1. The highest BCUT2D eigenvalue weighted by Crippen LogP contribution is 2.16. The summed E-state index contributed by atoms with van der Waals surface area (Å²) in [6.07, 6.45) is -0.253. The zero-order chi connectivity index (χ0) is 14.3. The molecule has 0 bridgehead atoms. The maximum atomic E-state index is 11.7. The van der Waals surface area contributed by atoms with Crippen LogP contribution in [-0.4, -0.2) is 39.8 Å². The van der Waals surface area contributed by atoms with E-state index in [9.17, 15) is 13.2 Å². The number of carboxylic acid groups (broad SMARTS) is 1. The maximum Gasteiger partial charge on any atom is 0.307 e. The van der Waals surface area contributed by atoms with E-state index in [1.165, 1.54) is 13.2 Å². The Bertz CT molecular complexity index is 530. The molecule has 0 aliphatic carbocycles. The van der Waals surface area contributed by atoms with Crippen LogP contribution in [0.15, 0.2) is 24.3 Å². The van der Waals surface area contributed by atoms with Gasteiger partial charge in [-0.05, 0) is 11.6 Å². The standard InChI is InChI=1S/C11H16N2O5S/c1-18-7-6-12-19(16,17)13-10-5-3-2-4-9(10)8-11(14)15/h2-5,12-13H,6-8H2,1H3,(H,14,15). The summed E-state index contributed by atoms with van der Waals surface area (Å²) in [5, 5.41) is 8.75. The molecule has 0 fully saturated rings. The van der Waals surface area contributed by atoms with Crippen molar-refractivity contribution < 1.29 is 23.1 Å². The van der Waals surface area contributed by atoms with Crippen molar-refractivity contribution in [3.8, 4) is 0 Å². The second-order valence-corrected chi connectivity index (χ2v) is 5.22. The molecule has 19 heavy (non-hydrogen) atoms. The SMILES string of the molecule is COCCNS(=O)(=O)Nc1ccccc1CC(=O)O. The highest BCUT2D eigenvalue weighted by atomic mass is 32.2. The molecule has 0 aliphatic heterocycles. The lowest BCUT2D eigenvalue weighted by Crippen LogP contribution is -2.33. The van der Waals surface area contributed by atoms with Crippen LogP contribution in [0.4, 0.5) is 5.69 Å². The smallest absolute Gasteiger partial charge is 0.307 e. The van der Waals surface area contributed by atoms with Gasteiger partial charge in [-0.2, -0.15) is 13.1 Å². The van der Waals surface area contributed by atoms with Crippen LogP contribution in [0, 0.1) is 0 Å². The van der Waals surface area contributed by atoms with Crippen LogP contribution in [0.3, 0.4) is 0 Å². The summed E-state index contributed by atoms with van der Waals surface area (Å²) in [7, 11) is -2.28. The van der Waals surface area contributed by atoms with Crippen LogP contribution in [0.2, 0.25) is 0 Å². The van der Waals surface area contributed by atoms with E-state index < -0.39 is 16.2 Å². The first kappa shape index (κ1) is 15.4. The van der Waals surface area contributed by atoms with Crippen molar-refractivity contribution in [3.05, 3.63) is 29.8 Å². The van der Waals surface area contributed by atoms with E-state index in [0.717, 1.165) is 0 Å². The molecule has 1 aromatic rings. The fraction of sp³-hybridized carbons (Fsp3) is 0.364. The van der Waals surface area contributed by atoms with Gasteiger partial charge in [0, 0.05) is 13.7 Å². The maximum absolute atomic E-state index is 11.7. The number of para-hydroxylation sites is 1. The van der Waals surface area contributed by atoms with Crippen molar-refractivity contribution in [1.82, 2.24) is 4.72 Å². The number of ether oxygens (including phenoxy) is 1. The summed E-state index contributed by atoms with van der Waals surface area (Å²) in [5.41, 5.74) is 0.641. The molecule has 0 aliphatic rings. The van der Waals surface area contributed by atoms with Gasteiger partial charge in [0.15, 0.2) is 0 Å². The molecule has 7 nitrogen and oxygen atoms in total. The first-order valence-corrected chi connectivity index (χ1v) is 6.99. The number of nitrogens with one attached hydrogen (secondary N) is 2. The van der Waals surface area contributed by atoms with Gasteiger partial charge in [-0.1, -0.05) is 18.2 Å². The van der Waals surface area contributed by atoms with Crippen LogP contribution in [0.25, 0.3) is 0 Å². The van der Waals surface area contributed by atoms with E-state index in [2.05, 4.69) is 9.44 Å². The largest absolute Gasteiger partial charge is 0.481 e. The van der Waals surface area contributed by atoms with Crippen LogP contribution in [0.1, 0.15) is 5.56 Å². The summed E-state index contributed by atoms with van der Waals surface area (Å²) >= 11 is 0. The second kappa shape index (κ2) is 7.07. The fourth-order valence-corrected chi connectivity index (χ4v) is 2.31. The van der Waals surface area contributed by atoms with Crippen LogP contribution < -0.4 is 9.44 Å². The van der Waals surface area contributed by atoms with Crippen molar-refractivity contribution >= 4 is 21.9 Å². The van der Waals surface area contributed by atoms with E-state index in [-0.39, 0.29) is 25.3 Å². The molecule has 106 valence electrons. The highest BCUT2D eigenvalue weighted by Gasteiger charge is 2.13. The summed E-state index contributed by atoms with van der Waals surface area (Å²) in [6, 6.07) is 6.34. The number of hydrogen-bond acceptors (Lipinski definition) is 4. The Morgan fingerprint density at radius 2 is 2.05 bits per heavy atom. The van der Waals surface area contributed by atoms with E-state index >= 15 is 0 Å². The second-order valence-electron chi connectivity index (χ2n) is 3.72. The lowest BCUT2D eigenvalue weighted by Gasteiger charge is -2.12. The van der Waals surface area contributed by atoms with Crippen molar-refractivity contribution in [1.29, 1.82) is 0 Å². The molecule has 1 aromatic carbocycles. The monoisotopic (exact) mass is 288 g/mol. The van der Waals surface area contributed by atoms with Gasteiger partial charge in [0.1, 0.15) is 0 Å². The minimum atomic E-state index is -3.74. The van der Waals surface area contributed by atoms with Crippen molar-refractivity contribution in [2.24, 2.45) is 0 Å². The fourth-order valence-electron chi connectivity index (χ4n) is 1.40. The number of benzene rings is 1. The molecule has 1 rings (SSSR count). The van der Waals surface area contributed by atoms with Gasteiger partial charge >= 0.3 is 5.97 Å². The van der Waals surface area contributed by atoms with E-state index in [1.807, 2.05) is 0 Å². The van der Waals surface area contributed by atoms with Crippen LogP contribution in [-0.2, 0) is 26.2 Å². The first-order chi connectivity index (χ1) is 8.94. The van der Waals surface area contributed by atoms with E-state index in [0.29, 0.717) is 5.56 Å². The Hall–Kier alpha value is -1.64. The summed E-state index contributed by atoms with van der Waals surface area (Å²) in [6.45, 7) is 0.380. The molecular formula is C11H16N2O5S. The van der Waals surface area contributed by atoms with Crippen LogP contribution in [0.5, 0.6) is 0 Å². The van der Waals surface area contributed by atoms with Gasteiger partial charge in [-0.3, -0.25) is 9.52 Å². The Kier molecular flexibility index (Phi) is 5.74. The first-order valence-electron chi connectivity index (χ1n) is 5.50.